The van der Waals surface area contributed by atoms with Crippen LogP contribution >= 0.6 is 22.9 Å². The van der Waals surface area contributed by atoms with Gasteiger partial charge in [-0.25, -0.2) is 0 Å². The van der Waals surface area contributed by atoms with E-state index in [4.69, 9.17) is 11.6 Å². The molecule has 25 heavy (non-hydrogen) atoms. The van der Waals surface area contributed by atoms with Crippen LogP contribution < -0.4 is 0 Å². The zero-order valence-corrected chi connectivity index (χ0v) is 15.8. The van der Waals surface area contributed by atoms with Gasteiger partial charge < -0.3 is 9.47 Å². The fraction of sp³-hybridized carbons (Fsp3) is 0.250. The van der Waals surface area contributed by atoms with Gasteiger partial charge in [0.1, 0.15) is 0 Å². The number of halogens is 1. The summed E-state index contributed by atoms with van der Waals surface area (Å²) in [4.78, 5) is 15.5. The Hall–Kier alpha value is -2.04. The minimum absolute atomic E-state index is 0.0994. The first-order valence-corrected chi connectivity index (χ1v) is 9.65. The summed E-state index contributed by atoms with van der Waals surface area (Å²) in [5, 5.41) is 2.71. The number of benzene rings is 1. The molecule has 0 saturated carbocycles. The Bertz CT molecular complexity index is 826. The van der Waals surface area contributed by atoms with E-state index in [2.05, 4.69) is 17.6 Å². The fourth-order valence-electron chi connectivity index (χ4n) is 2.83. The topological polar surface area (TPSA) is 25.2 Å². The van der Waals surface area contributed by atoms with Gasteiger partial charge in [0.05, 0.1) is 11.4 Å². The van der Waals surface area contributed by atoms with Crippen LogP contribution in [0.3, 0.4) is 0 Å². The second kappa shape index (κ2) is 8.37. The summed E-state index contributed by atoms with van der Waals surface area (Å²) in [7, 11) is 0. The van der Waals surface area contributed by atoms with Crippen LogP contribution in [-0.2, 0) is 13.1 Å². The van der Waals surface area contributed by atoms with Gasteiger partial charge in [-0.2, -0.15) is 0 Å². The van der Waals surface area contributed by atoms with Crippen molar-refractivity contribution in [2.24, 2.45) is 0 Å². The lowest BCUT2D eigenvalue weighted by molar-refractivity contribution is 0.0744. The molecule has 0 aliphatic heterocycles. The average Bonchev–Trinajstić information content (AvgIpc) is 3.28. The molecule has 0 saturated heterocycles. The number of carbonyl (C=O) groups is 1. The van der Waals surface area contributed by atoms with E-state index < -0.39 is 0 Å². The first-order chi connectivity index (χ1) is 12.2. The number of nitrogens with zero attached hydrogens (tertiary/aromatic N) is 2. The third kappa shape index (κ3) is 4.33. The Kier molecular flexibility index (Phi) is 5.95. The molecule has 0 bridgehead atoms. The van der Waals surface area contributed by atoms with Crippen molar-refractivity contribution in [1.82, 2.24) is 9.47 Å². The van der Waals surface area contributed by atoms with Gasteiger partial charge in [-0.1, -0.05) is 42.8 Å². The summed E-state index contributed by atoms with van der Waals surface area (Å²) in [6, 6.07) is 15.8. The van der Waals surface area contributed by atoms with Crippen LogP contribution in [0.1, 0.15) is 34.3 Å². The third-order valence-electron chi connectivity index (χ3n) is 4.09. The van der Waals surface area contributed by atoms with E-state index in [1.165, 1.54) is 11.3 Å². The Morgan fingerprint density at radius 2 is 2.00 bits per heavy atom. The van der Waals surface area contributed by atoms with Crippen molar-refractivity contribution in [2.75, 3.05) is 6.54 Å². The maximum Gasteiger partial charge on any atom is 0.264 e. The number of hydrogen-bond donors (Lipinski definition) is 0. The third-order valence-corrected chi connectivity index (χ3v) is 5.31. The minimum Gasteiger partial charge on any atom is -0.345 e. The van der Waals surface area contributed by atoms with Gasteiger partial charge in [-0.3, -0.25) is 4.79 Å². The van der Waals surface area contributed by atoms with Gasteiger partial charge in [0.25, 0.3) is 5.91 Å². The first-order valence-electron chi connectivity index (χ1n) is 8.39. The molecule has 0 aliphatic carbocycles. The van der Waals surface area contributed by atoms with Gasteiger partial charge in [0.2, 0.25) is 0 Å². The molecule has 130 valence electrons. The molecule has 0 aliphatic rings. The van der Waals surface area contributed by atoms with Crippen molar-refractivity contribution in [1.29, 1.82) is 0 Å². The molecular formula is C20H21ClN2OS. The second-order valence-electron chi connectivity index (χ2n) is 5.92. The molecule has 0 atom stereocenters. The normalized spacial score (nSPS) is 10.8. The molecule has 5 heteroatoms. The number of carbonyl (C=O) groups excluding carboxylic acids is 1. The van der Waals surface area contributed by atoms with Crippen LogP contribution in [0.25, 0.3) is 0 Å². The highest BCUT2D eigenvalue weighted by molar-refractivity contribution is 7.12. The van der Waals surface area contributed by atoms with Gasteiger partial charge in [0, 0.05) is 30.0 Å². The first kappa shape index (κ1) is 17.8. The zero-order valence-electron chi connectivity index (χ0n) is 14.2. The van der Waals surface area contributed by atoms with Crippen LogP contribution in [0.15, 0.2) is 60.1 Å². The van der Waals surface area contributed by atoms with E-state index in [0.717, 1.165) is 34.1 Å². The summed E-state index contributed by atoms with van der Waals surface area (Å²) in [6.45, 7) is 4.14. The lowest BCUT2D eigenvalue weighted by Gasteiger charge is -2.22. The molecule has 3 rings (SSSR count). The zero-order chi connectivity index (χ0) is 17.6. The smallest absolute Gasteiger partial charge is 0.264 e. The highest BCUT2D eigenvalue weighted by Crippen LogP contribution is 2.19. The van der Waals surface area contributed by atoms with E-state index in [1.807, 2.05) is 58.9 Å². The monoisotopic (exact) mass is 372 g/mol. The van der Waals surface area contributed by atoms with Gasteiger partial charge in [0.15, 0.2) is 0 Å². The van der Waals surface area contributed by atoms with Crippen molar-refractivity contribution in [2.45, 2.75) is 26.4 Å². The van der Waals surface area contributed by atoms with Crippen molar-refractivity contribution in [3.05, 3.63) is 81.3 Å². The Morgan fingerprint density at radius 1 is 1.16 bits per heavy atom. The van der Waals surface area contributed by atoms with E-state index in [1.54, 1.807) is 0 Å². The number of amides is 1. The van der Waals surface area contributed by atoms with E-state index in [0.29, 0.717) is 13.1 Å². The quantitative estimate of drug-likeness (QED) is 0.552. The van der Waals surface area contributed by atoms with E-state index in [9.17, 15) is 4.79 Å². The highest BCUT2D eigenvalue weighted by Gasteiger charge is 2.17. The molecule has 1 aromatic carbocycles. The standard InChI is InChI=1S/C20H21ClN2OS/c1-2-11-23(20(24)19-10-6-13-25-19)15-17-8-5-12-22(17)14-16-7-3-4-9-18(16)21/h3-10,12-13H,2,11,14-15H2,1H3. The molecule has 3 aromatic rings. The van der Waals surface area contributed by atoms with Gasteiger partial charge in [-0.15, -0.1) is 11.3 Å². The molecule has 0 N–H and O–H groups in total. The van der Waals surface area contributed by atoms with Gasteiger partial charge in [-0.05, 0) is 41.6 Å². The second-order valence-corrected chi connectivity index (χ2v) is 7.28. The van der Waals surface area contributed by atoms with E-state index >= 15 is 0 Å². The molecule has 2 heterocycles. The van der Waals surface area contributed by atoms with Crippen molar-refractivity contribution < 1.29 is 4.79 Å². The minimum atomic E-state index is 0.0994. The lowest BCUT2D eigenvalue weighted by atomic mass is 10.2. The van der Waals surface area contributed by atoms with Crippen molar-refractivity contribution in [3.8, 4) is 0 Å². The Balaban J connectivity index is 1.78. The predicted molar refractivity (Wildman–Crippen MR) is 104 cm³/mol. The van der Waals surface area contributed by atoms with Crippen LogP contribution in [0.2, 0.25) is 5.02 Å². The van der Waals surface area contributed by atoms with E-state index in [-0.39, 0.29) is 5.91 Å². The molecule has 0 unspecified atom stereocenters. The van der Waals surface area contributed by atoms with Crippen LogP contribution in [0, 0.1) is 0 Å². The highest BCUT2D eigenvalue weighted by atomic mass is 35.5. The molecule has 0 radical (unpaired) electrons. The summed E-state index contributed by atoms with van der Waals surface area (Å²) in [6.07, 6.45) is 2.97. The largest absolute Gasteiger partial charge is 0.345 e. The van der Waals surface area contributed by atoms with Crippen LogP contribution in [0.4, 0.5) is 0 Å². The fourth-order valence-corrected chi connectivity index (χ4v) is 3.72. The average molecular weight is 373 g/mol. The van der Waals surface area contributed by atoms with Gasteiger partial charge >= 0.3 is 0 Å². The molecule has 3 nitrogen and oxygen atoms in total. The number of thiophene rings is 1. The molecule has 2 aromatic heterocycles. The van der Waals surface area contributed by atoms with Crippen LogP contribution in [-0.4, -0.2) is 21.9 Å². The van der Waals surface area contributed by atoms with Crippen molar-refractivity contribution in [3.63, 3.8) is 0 Å². The summed E-state index contributed by atoms with van der Waals surface area (Å²) in [5.74, 6) is 0.0994. The number of aromatic nitrogens is 1. The molecular weight excluding hydrogens is 352 g/mol. The maximum absolute atomic E-state index is 12.8. The summed E-state index contributed by atoms with van der Waals surface area (Å²) >= 11 is 7.78. The Labute approximate surface area is 157 Å². The molecule has 1 amide bonds. The number of rotatable bonds is 7. The summed E-state index contributed by atoms with van der Waals surface area (Å²) in [5.41, 5.74) is 2.19. The summed E-state index contributed by atoms with van der Waals surface area (Å²) < 4.78 is 2.16. The Morgan fingerprint density at radius 3 is 2.72 bits per heavy atom. The molecule has 0 spiro atoms. The van der Waals surface area contributed by atoms with Crippen molar-refractivity contribution >= 4 is 28.8 Å². The number of hydrogen-bond acceptors (Lipinski definition) is 2. The van der Waals surface area contributed by atoms with Crippen LogP contribution in [0.5, 0.6) is 0 Å². The lowest BCUT2D eigenvalue weighted by Crippen LogP contribution is -2.31. The maximum atomic E-state index is 12.8. The predicted octanol–water partition coefficient (Wildman–Crippen LogP) is 5.30. The molecule has 0 fully saturated rings. The SMILES string of the molecule is CCCN(Cc1cccn1Cc1ccccc1Cl)C(=O)c1cccs1.